The number of hydrogen-bond acceptors (Lipinski definition) is 16. The lowest BCUT2D eigenvalue weighted by Gasteiger charge is -2.39. The molecule has 2 aliphatic heterocycles. The zero-order valence-electron chi connectivity index (χ0n) is 19.3. The summed E-state index contributed by atoms with van der Waals surface area (Å²) < 4.78 is 46.3. The van der Waals surface area contributed by atoms with Crippen molar-refractivity contribution in [1.29, 1.82) is 0 Å². The van der Waals surface area contributed by atoms with Crippen molar-refractivity contribution in [3.63, 3.8) is 0 Å². The van der Waals surface area contributed by atoms with E-state index in [2.05, 4.69) is 15.0 Å². The number of ether oxygens (including phenoxy) is 2. The number of imidazole rings is 1. The molecule has 2 aromatic heterocycles. The molecule has 38 heavy (non-hydrogen) atoms. The lowest BCUT2D eigenvalue weighted by molar-refractivity contribution is -0.278. The SMILES string of the molecule is Nc1ncnc2c1ncn2C1O[C@H](COP(=O)(O)CP(=O)(O)OC2O[C@H](CO)[C@@H](O)[C@H](O)[C@H]2O)[C@@H](O)[C@H]1O. The zero-order valence-corrected chi connectivity index (χ0v) is 21.0. The molecular formula is C17H27N5O14P2. The van der Waals surface area contributed by atoms with Gasteiger partial charge in [0.25, 0.3) is 0 Å². The van der Waals surface area contributed by atoms with Crippen molar-refractivity contribution < 1.29 is 68.1 Å². The van der Waals surface area contributed by atoms with Crippen LogP contribution in [0, 0.1) is 0 Å². The molecule has 0 aromatic carbocycles. The molecule has 0 spiro atoms. The number of fused-ring (bicyclic) bond motifs is 1. The number of nitrogen functional groups attached to an aromatic ring is 1. The van der Waals surface area contributed by atoms with E-state index >= 15 is 0 Å². The Bertz CT molecular complexity index is 1230. The van der Waals surface area contributed by atoms with Crippen molar-refractivity contribution >= 4 is 32.2 Å². The van der Waals surface area contributed by atoms with Crippen LogP contribution in [0.25, 0.3) is 11.2 Å². The summed E-state index contributed by atoms with van der Waals surface area (Å²) in [7, 11) is -10.0. The average molecular weight is 587 g/mol. The highest BCUT2D eigenvalue weighted by Gasteiger charge is 2.49. The summed E-state index contributed by atoms with van der Waals surface area (Å²) in [5.41, 5.74) is 6.11. The molecule has 0 bridgehead atoms. The molecule has 4 heterocycles. The molecule has 2 aliphatic rings. The van der Waals surface area contributed by atoms with E-state index in [1.807, 2.05) is 0 Å². The smallest absolute Gasteiger partial charge is 0.342 e. The van der Waals surface area contributed by atoms with Crippen molar-refractivity contribution in [1.82, 2.24) is 19.5 Å². The van der Waals surface area contributed by atoms with Crippen molar-refractivity contribution in [3.05, 3.63) is 12.7 Å². The van der Waals surface area contributed by atoms with Gasteiger partial charge in [-0.3, -0.25) is 18.2 Å². The van der Waals surface area contributed by atoms with E-state index < -0.39 is 89.6 Å². The summed E-state index contributed by atoms with van der Waals surface area (Å²) in [4.78, 5) is 32.0. The van der Waals surface area contributed by atoms with Crippen LogP contribution in [0.1, 0.15) is 6.23 Å². The second kappa shape index (κ2) is 11.1. The molecular weight excluding hydrogens is 560 g/mol. The van der Waals surface area contributed by atoms with Gasteiger partial charge in [-0.05, 0) is 0 Å². The Kier molecular flexibility index (Phi) is 8.54. The lowest BCUT2D eigenvalue weighted by atomic mass is 10.00. The molecule has 4 rings (SSSR count). The normalized spacial score (nSPS) is 37.2. The maximum Gasteiger partial charge on any atom is 0.342 e. The van der Waals surface area contributed by atoms with E-state index in [9.17, 15) is 49.6 Å². The van der Waals surface area contributed by atoms with Crippen molar-refractivity contribution in [2.45, 2.75) is 55.2 Å². The Balaban J connectivity index is 1.38. The van der Waals surface area contributed by atoms with Crippen LogP contribution in [0.4, 0.5) is 5.82 Å². The van der Waals surface area contributed by atoms with Gasteiger partial charge in [0, 0.05) is 0 Å². The standard InChI is InChI=1S/C17H27N5O14P2/c18-14-8-15(20-3-19-14)22(4-21-8)16-12(27)10(25)7(34-16)2-33-37(29,30)5-38(31,32)36-17-13(28)11(26)9(24)6(1-23)35-17/h3-4,6-7,9-13,16-17,23-28H,1-2,5H2,(H,29,30)(H,31,32)(H2,18,19,20)/t6-,7-,9-,10-,11+,12-,13-,16?,17?/m1/s1. The fourth-order valence-corrected chi connectivity index (χ4v) is 7.24. The van der Waals surface area contributed by atoms with E-state index in [4.69, 9.17) is 24.3 Å². The van der Waals surface area contributed by atoms with Crippen LogP contribution in [0.5, 0.6) is 0 Å². The summed E-state index contributed by atoms with van der Waals surface area (Å²) in [6.07, 6.45) is -12.6. The highest BCUT2D eigenvalue weighted by molar-refractivity contribution is 7.70. The Morgan fingerprint density at radius 3 is 2.29 bits per heavy atom. The quantitative estimate of drug-likeness (QED) is 0.127. The van der Waals surface area contributed by atoms with E-state index in [-0.39, 0.29) is 17.0 Å². The van der Waals surface area contributed by atoms with Crippen LogP contribution in [-0.2, 0) is 27.7 Å². The van der Waals surface area contributed by atoms with Crippen LogP contribution in [0.3, 0.4) is 0 Å². The molecule has 0 amide bonds. The minimum Gasteiger partial charge on any atom is -0.394 e. The number of aliphatic hydroxyl groups excluding tert-OH is 6. The molecule has 4 unspecified atom stereocenters. The number of aromatic nitrogens is 4. The predicted molar refractivity (Wildman–Crippen MR) is 121 cm³/mol. The lowest BCUT2D eigenvalue weighted by Crippen LogP contribution is -2.58. The summed E-state index contributed by atoms with van der Waals surface area (Å²) in [6.45, 7) is -1.65. The molecule has 2 saturated heterocycles. The molecule has 0 saturated carbocycles. The highest BCUT2D eigenvalue weighted by Crippen LogP contribution is 2.59. The molecule has 19 nitrogen and oxygen atoms in total. The molecule has 2 aromatic rings. The first-order valence-corrected chi connectivity index (χ1v) is 14.5. The minimum atomic E-state index is -5.06. The van der Waals surface area contributed by atoms with Gasteiger partial charge in [0.2, 0.25) is 0 Å². The molecule has 2 fully saturated rings. The molecule has 10 N–H and O–H groups in total. The van der Waals surface area contributed by atoms with Crippen LogP contribution in [-0.4, -0.2) is 128 Å². The number of aliphatic hydroxyl groups is 6. The molecule has 21 heteroatoms. The van der Waals surface area contributed by atoms with Gasteiger partial charge in [-0.25, -0.2) is 15.0 Å². The summed E-state index contributed by atoms with van der Waals surface area (Å²) in [5.74, 6) is -1.45. The van der Waals surface area contributed by atoms with Gasteiger partial charge < -0.3 is 60.2 Å². The number of hydrogen-bond donors (Lipinski definition) is 9. The van der Waals surface area contributed by atoms with Crippen LogP contribution in [0.2, 0.25) is 0 Å². The van der Waals surface area contributed by atoms with Gasteiger partial charge >= 0.3 is 15.2 Å². The molecule has 11 atom stereocenters. The van der Waals surface area contributed by atoms with E-state index in [0.29, 0.717) is 0 Å². The Hall–Kier alpha value is -1.67. The fourth-order valence-electron chi connectivity index (χ4n) is 3.96. The summed E-state index contributed by atoms with van der Waals surface area (Å²) in [6, 6.07) is 0. The Labute approximate surface area is 213 Å². The van der Waals surface area contributed by atoms with Crippen molar-refractivity contribution in [2.24, 2.45) is 0 Å². The van der Waals surface area contributed by atoms with Gasteiger partial charge in [-0.15, -0.1) is 0 Å². The Morgan fingerprint density at radius 1 is 0.921 bits per heavy atom. The zero-order chi connectivity index (χ0) is 28.0. The summed E-state index contributed by atoms with van der Waals surface area (Å²) >= 11 is 0. The average Bonchev–Trinajstić information content (AvgIpc) is 3.39. The topological polar surface area (TPSA) is 303 Å². The van der Waals surface area contributed by atoms with Crippen molar-refractivity contribution in [3.8, 4) is 0 Å². The predicted octanol–water partition coefficient (Wildman–Crippen LogP) is -3.81. The first-order valence-electron chi connectivity index (χ1n) is 11.0. The maximum atomic E-state index is 12.5. The van der Waals surface area contributed by atoms with E-state index in [0.717, 1.165) is 6.33 Å². The second-order valence-electron chi connectivity index (χ2n) is 8.64. The van der Waals surface area contributed by atoms with Crippen LogP contribution in [0.15, 0.2) is 12.7 Å². The number of anilines is 1. The van der Waals surface area contributed by atoms with E-state index in [1.165, 1.54) is 10.9 Å². The monoisotopic (exact) mass is 587 g/mol. The highest BCUT2D eigenvalue weighted by atomic mass is 31.2. The fraction of sp³-hybridized carbons (Fsp3) is 0.706. The van der Waals surface area contributed by atoms with Gasteiger partial charge in [-0.2, -0.15) is 0 Å². The third-order valence-electron chi connectivity index (χ3n) is 5.91. The maximum absolute atomic E-state index is 12.5. The number of nitrogens with zero attached hydrogens (tertiary/aromatic N) is 4. The first kappa shape index (κ1) is 29.3. The summed E-state index contributed by atoms with van der Waals surface area (Å²) in [5, 5.41) is 59.5. The van der Waals surface area contributed by atoms with Crippen molar-refractivity contribution in [2.75, 3.05) is 24.9 Å². The molecule has 0 radical (unpaired) electrons. The minimum absolute atomic E-state index is 0.0576. The molecule has 214 valence electrons. The van der Waals surface area contributed by atoms with E-state index in [1.54, 1.807) is 0 Å². The van der Waals surface area contributed by atoms with Crippen LogP contribution >= 0.6 is 15.2 Å². The van der Waals surface area contributed by atoms with Gasteiger partial charge in [0.05, 0.1) is 19.5 Å². The molecule has 0 aliphatic carbocycles. The number of nitrogens with two attached hydrogens (primary N) is 1. The Morgan fingerprint density at radius 2 is 1.61 bits per heavy atom. The van der Waals surface area contributed by atoms with Gasteiger partial charge in [0.1, 0.15) is 54.6 Å². The second-order valence-corrected chi connectivity index (χ2v) is 12.8. The largest absolute Gasteiger partial charge is 0.394 e. The third kappa shape index (κ3) is 5.91. The van der Waals surface area contributed by atoms with Gasteiger partial charge in [-0.1, -0.05) is 0 Å². The number of rotatable bonds is 9. The van der Waals surface area contributed by atoms with Gasteiger partial charge in [0.15, 0.2) is 29.9 Å². The third-order valence-corrected chi connectivity index (χ3v) is 9.86. The van der Waals surface area contributed by atoms with Crippen LogP contribution < -0.4 is 5.73 Å². The first-order chi connectivity index (χ1) is 17.7.